The Morgan fingerprint density at radius 1 is 0.304 bits per heavy atom. The fraction of sp³-hybridized carbons (Fsp3) is 0.0545. The predicted molar refractivity (Wildman–Crippen MR) is 243 cm³/mol. The van der Waals surface area contributed by atoms with Crippen molar-refractivity contribution in [3.8, 4) is 44.5 Å². The molecule has 0 unspecified atom stereocenters. The Morgan fingerprint density at radius 3 is 1.39 bits per heavy atom. The van der Waals surface area contributed by atoms with Gasteiger partial charge in [0.05, 0.1) is 0 Å². The maximum Gasteiger partial charge on any atom is 0.0355 e. The highest BCUT2D eigenvalue weighted by Gasteiger charge is 2.40. The van der Waals surface area contributed by atoms with Gasteiger partial charge in [-0.1, -0.05) is 178 Å². The van der Waals surface area contributed by atoms with Crippen LogP contribution in [0.25, 0.3) is 108 Å². The molecule has 0 atom stereocenters. The molecule has 12 rings (SSSR count). The molecule has 1 heteroatoms. The van der Waals surface area contributed by atoms with Gasteiger partial charge >= 0.3 is 0 Å². The van der Waals surface area contributed by atoms with Crippen LogP contribution in [0.1, 0.15) is 25.0 Å². The summed E-state index contributed by atoms with van der Waals surface area (Å²) in [6, 6.07) is 68.1. The van der Waals surface area contributed by atoms with Crippen LogP contribution >= 0.6 is 11.3 Å². The molecule has 0 spiro atoms. The van der Waals surface area contributed by atoms with E-state index in [2.05, 4.69) is 196 Å². The lowest BCUT2D eigenvalue weighted by Crippen LogP contribution is -2.17. The summed E-state index contributed by atoms with van der Waals surface area (Å²) >= 11 is 1.88. The Hall–Kier alpha value is -6.54. The van der Waals surface area contributed by atoms with Crippen molar-refractivity contribution in [2.75, 3.05) is 0 Å². The van der Waals surface area contributed by atoms with E-state index in [1.165, 1.54) is 119 Å². The first-order chi connectivity index (χ1) is 27.6. The maximum absolute atomic E-state index is 2.43. The Kier molecular flexibility index (Phi) is 6.66. The van der Waals surface area contributed by atoms with E-state index in [0.717, 1.165) is 0 Å². The SMILES string of the molecule is CC1(C)c2c(-c3ccc(-c4c5ccccc5c(-c5ccc6sc7ccccc7c6c5)c5ccccc45)cc3)cccc2-c2c1c1ccccc1c1ccccc21. The topological polar surface area (TPSA) is 0 Å². The van der Waals surface area contributed by atoms with Crippen LogP contribution in [-0.2, 0) is 5.41 Å². The van der Waals surface area contributed by atoms with Gasteiger partial charge in [-0.05, 0) is 117 Å². The minimum absolute atomic E-state index is 0.176. The molecule has 0 N–H and O–H groups in total. The summed E-state index contributed by atoms with van der Waals surface area (Å²) in [7, 11) is 0. The Morgan fingerprint density at radius 2 is 0.750 bits per heavy atom. The number of hydrogen-bond acceptors (Lipinski definition) is 1. The van der Waals surface area contributed by atoms with Crippen LogP contribution in [0.3, 0.4) is 0 Å². The van der Waals surface area contributed by atoms with Crippen LogP contribution < -0.4 is 0 Å². The summed E-state index contributed by atoms with van der Waals surface area (Å²) < 4.78 is 2.67. The summed E-state index contributed by atoms with van der Waals surface area (Å²) in [5, 5.41) is 13.1. The zero-order chi connectivity index (χ0) is 37.1. The number of thiophene rings is 1. The van der Waals surface area contributed by atoms with E-state index in [1.54, 1.807) is 0 Å². The molecule has 0 fully saturated rings. The van der Waals surface area contributed by atoms with Crippen LogP contribution in [0.2, 0.25) is 0 Å². The van der Waals surface area contributed by atoms with E-state index in [9.17, 15) is 0 Å². The third-order valence-electron chi connectivity index (χ3n) is 12.6. The largest absolute Gasteiger partial charge is 0.135 e. The highest BCUT2D eigenvalue weighted by molar-refractivity contribution is 7.25. The summed E-state index contributed by atoms with van der Waals surface area (Å²) in [5.74, 6) is 0. The molecule has 11 aromatic rings. The molecule has 56 heavy (non-hydrogen) atoms. The van der Waals surface area contributed by atoms with Gasteiger partial charge in [0, 0.05) is 25.6 Å². The Bertz CT molecular complexity index is 3370. The normalized spacial score (nSPS) is 13.3. The van der Waals surface area contributed by atoms with E-state index >= 15 is 0 Å². The summed E-state index contributed by atoms with van der Waals surface area (Å²) in [5.41, 5.74) is 13.1. The maximum atomic E-state index is 2.43. The molecular formula is C55H36S. The summed E-state index contributed by atoms with van der Waals surface area (Å²) in [6.45, 7) is 4.85. The van der Waals surface area contributed by atoms with E-state index in [4.69, 9.17) is 0 Å². The lowest BCUT2D eigenvalue weighted by molar-refractivity contribution is 0.668. The van der Waals surface area contributed by atoms with Gasteiger partial charge < -0.3 is 0 Å². The molecular weight excluding hydrogens is 693 g/mol. The Balaban J connectivity index is 1.04. The Labute approximate surface area is 329 Å². The van der Waals surface area contributed by atoms with E-state index in [1.807, 2.05) is 11.3 Å². The highest BCUT2D eigenvalue weighted by atomic mass is 32.1. The number of benzene rings is 10. The number of rotatable bonds is 3. The van der Waals surface area contributed by atoms with Crippen LogP contribution in [0, 0.1) is 0 Å². The second-order valence-electron chi connectivity index (χ2n) is 15.9. The van der Waals surface area contributed by atoms with E-state index < -0.39 is 0 Å². The zero-order valence-corrected chi connectivity index (χ0v) is 32.0. The monoisotopic (exact) mass is 728 g/mol. The molecule has 0 bridgehead atoms. The molecule has 0 saturated heterocycles. The third kappa shape index (κ3) is 4.35. The third-order valence-corrected chi connectivity index (χ3v) is 13.8. The molecule has 262 valence electrons. The van der Waals surface area contributed by atoms with Gasteiger partial charge in [-0.15, -0.1) is 11.3 Å². The minimum atomic E-state index is -0.176. The highest BCUT2D eigenvalue weighted by Crippen LogP contribution is 2.57. The van der Waals surface area contributed by atoms with Crippen LogP contribution in [0.15, 0.2) is 182 Å². The van der Waals surface area contributed by atoms with Crippen molar-refractivity contribution >= 4 is 74.6 Å². The van der Waals surface area contributed by atoms with Gasteiger partial charge in [0.1, 0.15) is 0 Å². The lowest BCUT2D eigenvalue weighted by atomic mass is 9.76. The average molecular weight is 729 g/mol. The van der Waals surface area contributed by atoms with Gasteiger partial charge in [0.25, 0.3) is 0 Å². The molecule has 1 aromatic heterocycles. The fourth-order valence-corrected chi connectivity index (χ4v) is 11.4. The smallest absolute Gasteiger partial charge is 0.0355 e. The van der Waals surface area contributed by atoms with Crippen molar-refractivity contribution in [1.82, 2.24) is 0 Å². The fourth-order valence-electron chi connectivity index (χ4n) is 10.3. The van der Waals surface area contributed by atoms with Crippen molar-refractivity contribution in [3.05, 3.63) is 193 Å². The minimum Gasteiger partial charge on any atom is -0.135 e. The second-order valence-corrected chi connectivity index (χ2v) is 17.0. The van der Waals surface area contributed by atoms with Crippen molar-refractivity contribution in [2.24, 2.45) is 0 Å². The van der Waals surface area contributed by atoms with Crippen molar-refractivity contribution in [2.45, 2.75) is 19.3 Å². The standard InChI is InChI=1S/C55H36S/c1-55(2)53-36(23-13-24-46(53)52-40-17-5-3-14-37(40)38-15-4-10-22-45(38)54(52)55)33-26-28-34(29-27-33)50-41-18-6-8-20-43(41)51(44-21-9-7-19-42(44)50)35-30-31-49-47(32-35)39-16-11-12-25-48(39)56-49/h3-32H,1-2H3. The second kappa shape index (κ2) is 11.7. The molecule has 1 aliphatic rings. The first-order valence-corrected chi connectivity index (χ1v) is 20.4. The average Bonchev–Trinajstić information content (AvgIpc) is 3.74. The zero-order valence-electron chi connectivity index (χ0n) is 31.2. The van der Waals surface area contributed by atoms with Crippen LogP contribution in [0.5, 0.6) is 0 Å². The van der Waals surface area contributed by atoms with Gasteiger partial charge in [-0.3, -0.25) is 0 Å². The van der Waals surface area contributed by atoms with Crippen molar-refractivity contribution in [3.63, 3.8) is 0 Å². The molecule has 1 heterocycles. The van der Waals surface area contributed by atoms with Gasteiger partial charge in [-0.25, -0.2) is 0 Å². The van der Waals surface area contributed by atoms with Gasteiger partial charge in [0.15, 0.2) is 0 Å². The van der Waals surface area contributed by atoms with E-state index in [-0.39, 0.29) is 5.41 Å². The molecule has 0 nitrogen and oxygen atoms in total. The molecule has 0 amide bonds. The molecule has 0 aliphatic heterocycles. The lowest BCUT2D eigenvalue weighted by Gasteiger charge is -2.26. The first kappa shape index (κ1) is 31.8. The molecule has 10 aromatic carbocycles. The van der Waals surface area contributed by atoms with Gasteiger partial charge in [-0.2, -0.15) is 0 Å². The number of hydrogen-bond donors (Lipinski definition) is 0. The summed E-state index contributed by atoms with van der Waals surface area (Å²) in [4.78, 5) is 0. The van der Waals surface area contributed by atoms with E-state index in [0.29, 0.717) is 0 Å². The summed E-state index contributed by atoms with van der Waals surface area (Å²) in [6.07, 6.45) is 0. The van der Waals surface area contributed by atoms with Crippen molar-refractivity contribution < 1.29 is 0 Å². The van der Waals surface area contributed by atoms with Gasteiger partial charge in [0.2, 0.25) is 0 Å². The molecule has 0 saturated carbocycles. The van der Waals surface area contributed by atoms with Crippen LogP contribution in [0.4, 0.5) is 0 Å². The van der Waals surface area contributed by atoms with Crippen LogP contribution in [-0.4, -0.2) is 0 Å². The van der Waals surface area contributed by atoms with Crippen molar-refractivity contribution in [1.29, 1.82) is 0 Å². The first-order valence-electron chi connectivity index (χ1n) is 19.6. The quantitative estimate of drug-likeness (QED) is 0.126. The molecule has 0 radical (unpaired) electrons. The molecule has 1 aliphatic carbocycles. The number of fused-ring (bicyclic) bond motifs is 13. The predicted octanol–water partition coefficient (Wildman–Crippen LogP) is 16.0.